The Morgan fingerprint density at radius 1 is 0.615 bits per heavy atom. The summed E-state index contributed by atoms with van der Waals surface area (Å²) < 4.78 is 0. The van der Waals surface area contributed by atoms with E-state index < -0.39 is 0 Å². The molecular formula is C36H38P2S. The Labute approximate surface area is 241 Å². The minimum atomic E-state index is -0.343. The molecule has 1 aromatic carbocycles. The molecule has 3 heteroatoms. The summed E-state index contributed by atoms with van der Waals surface area (Å²) in [4.78, 5) is 3.30. The van der Waals surface area contributed by atoms with Crippen molar-refractivity contribution in [1.29, 1.82) is 0 Å². The molecule has 2 atom stereocenters. The average molecular weight is 565 g/mol. The van der Waals surface area contributed by atoms with Crippen molar-refractivity contribution in [2.45, 2.75) is 76.3 Å². The zero-order valence-corrected chi connectivity index (χ0v) is 25.4. The Kier molecular flexibility index (Phi) is 7.85. The van der Waals surface area contributed by atoms with Crippen LogP contribution in [0, 0.1) is 0 Å². The monoisotopic (exact) mass is 564 g/mol. The zero-order valence-electron chi connectivity index (χ0n) is 22.8. The molecule has 5 aliphatic carbocycles. The second-order valence-corrected chi connectivity index (χ2v) is 17.4. The zero-order chi connectivity index (χ0) is 26.0. The molecule has 0 bridgehead atoms. The Hall–Kier alpha value is -2.04. The maximum Gasteiger partial charge on any atom is 0.0130 e. The van der Waals surface area contributed by atoms with Gasteiger partial charge >= 0.3 is 0 Å². The highest BCUT2D eigenvalue weighted by molar-refractivity contribution is 7.71. The summed E-state index contributed by atoms with van der Waals surface area (Å²) in [7, 11) is -0.633. The first-order chi connectivity index (χ1) is 19.3. The quantitative estimate of drug-likeness (QED) is 0.242. The molecule has 198 valence electrons. The third kappa shape index (κ3) is 5.36. The smallest absolute Gasteiger partial charge is 0.0130 e. The van der Waals surface area contributed by atoms with E-state index in [1.165, 1.54) is 70.6 Å². The minimum Gasteiger partial charge on any atom is -0.144 e. The van der Waals surface area contributed by atoms with E-state index >= 15 is 0 Å². The fraction of sp³-hybridized carbons (Fsp3) is 0.333. The van der Waals surface area contributed by atoms with Crippen LogP contribution in [-0.4, -0.2) is 5.66 Å². The predicted molar refractivity (Wildman–Crippen MR) is 177 cm³/mol. The number of rotatable bonds is 6. The third-order valence-corrected chi connectivity index (χ3v) is 16.0. The lowest BCUT2D eigenvalue weighted by molar-refractivity contribution is 0.740. The molecule has 2 aromatic rings. The minimum absolute atomic E-state index is 0.291. The van der Waals surface area contributed by atoms with Crippen LogP contribution in [0.15, 0.2) is 100 Å². The lowest BCUT2D eigenvalue weighted by Crippen LogP contribution is -2.17. The first kappa shape index (κ1) is 25.9. The second-order valence-electron chi connectivity index (χ2n) is 11.3. The van der Waals surface area contributed by atoms with E-state index in [1.807, 2.05) is 0 Å². The van der Waals surface area contributed by atoms with E-state index in [1.54, 1.807) is 47.4 Å². The number of fused-ring (bicyclic) bond motifs is 3. The molecule has 0 N–H and O–H groups in total. The second kappa shape index (κ2) is 11.8. The van der Waals surface area contributed by atoms with E-state index in [0.717, 1.165) is 5.66 Å². The molecule has 39 heavy (non-hydrogen) atoms. The fourth-order valence-electron chi connectivity index (χ4n) is 6.89. The lowest BCUT2D eigenvalue weighted by Gasteiger charge is -2.33. The van der Waals surface area contributed by atoms with E-state index in [-0.39, 0.29) is 15.8 Å². The van der Waals surface area contributed by atoms with Crippen LogP contribution in [0.2, 0.25) is 0 Å². The van der Waals surface area contributed by atoms with Gasteiger partial charge in [-0.25, -0.2) is 0 Å². The molecule has 1 aromatic heterocycles. The van der Waals surface area contributed by atoms with Crippen LogP contribution < -0.4 is 5.30 Å². The van der Waals surface area contributed by atoms with Gasteiger partial charge in [0.25, 0.3) is 0 Å². The fourth-order valence-corrected chi connectivity index (χ4v) is 14.1. The van der Waals surface area contributed by atoms with Gasteiger partial charge in [-0.15, -0.1) is 11.3 Å². The molecule has 0 amide bonds. The van der Waals surface area contributed by atoms with Crippen molar-refractivity contribution in [3.05, 3.63) is 121 Å². The standard InChI is InChI=1S/C36H38P2S/c1-5-13-27(14-6-1)37(28-15-7-2-8-16-28)31-21-23-35-33(25-31)34-26-32(22-24-36(34)39-35)38(29-17-9-3-10-18-29)30-19-11-4-12-20-30/h1-7,9,11,13-14,17,19,25-26,28H,8,10,12,15-16,18,20-24H2. The van der Waals surface area contributed by atoms with Crippen molar-refractivity contribution < 1.29 is 0 Å². The molecule has 7 rings (SSSR count). The van der Waals surface area contributed by atoms with Crippen molar-refractivity contribution in [1.82, 2.24) is 0 Å². The van der Waals surface area contributed by atoms with E-state index in [4.69, 9.17) is 0 Å². The number of hydrogen-bond acceptors (Lipinski definition) is 1. The van der Waals surface area contributed by atoms with Gasteiger partial charge in [0.15, 0.2) is 0 Å². The third-order valence-electron chi connectivity index (χ3n) is 8.77. The summed E-state index contributed by atoms with van der Waals surface area (Å²) in [6, 6.07) is 11.5. The first-order valence-electron chi connectivity index (χ1n) is 14.9. The summed E-state index contributed by atoms with van der Waals surface area (Å²) in [5.74, 6) is 0. The molecule has 0 saturated carbocycles. The normalized spacial score (nSPS) is 22.9. The number of hydrogen-bond donors (Lipinski definition) is 0. The molecule has 0 nitrogen and oxygen atoms in total. The number of benzene rings is 1. The molecule has 5 aliphatic rings. The lowest BCUT2D eigenvalue weighted by atomic mass is 9.97. The number of thiophene rings is 1. The van der Waals surface area contributed by atoms with Crippen LogP contribution >= 0.6 is 27.2 Å². The Bertz CT molecular complexity index is 1410. The van der Waals surface area contributed by atoms with Gasteiger partial charge in [0, 0.05) is 9.75 Å². The van der Waals surface area contributed by atoms with Gasteiger partial charge in [0.2, 0.25) is 0 Å². The van der Waals surface area contributed by atoms with Gasteiger partial charge in [-0.05, 0) is 142 Å². The van der Waals surface area contributed by atoms with Gasteiger partial charge in [0.05, 0.1) is 0 Å². The van der Waals surface area contributed by atoms with Crippen LogP contribution in [0.3, 0.4) is 0 Å². The highest BCUT2D eigenvalue weighted by atomic mass is 32.1. The van der Waals surface area contributed by atoms with Crippen molar-refractivity contribution in [2.24, 2.45) is 0 Å². The Morgan fingerprint density at radius 3 is 1.90 bits per heavy atom. The summed E-state index contributed by atoms with van der Waals surface area (Å²) in [5.41, 5.74) is 3.96. The first-order valence-corrected chi connectivity index (χ1v) is 18.5. The van der Waals surface area contributed by atoms with Gasteiger partial charge in [-0.3, -0.25) is 0 Å². The summed E-state index contributed by atoms with van der Waals surface area (Å²) in [5, 5.41) is 8.45. The molecule has 0 radical (unpaired) electrons. The van der Waals surface area contributed by atoms with Crippen molar-refractivity contribution >= 4 is 44.6 Å². The number of allylic oxidation sites excluding steroid dienone is 12. The molecule has 0 spiro atoms. The predicted octanol–water partition coefficient (Wildman–Crippen LogP) is 11.2. The van der Waals surface area contributed by atoms with Crippen LogP contribution in [-0.2, 0) is 12.8 Å². The Morgan fingerprint density at radius 2 is 1.28 bits per heavy atom. The molecule has 2 unspecified atom stereocenters. The van der Waals surface area contributed by atoms with Crippen molar-refractivity contribution in [3.63, 3.8) is 0 Å². The highest BCUT2D eigenvalue weighted by Gasteiger charge is 2.32. The highest BCUT2D eigenvalue weighted by Crippen LogP contribution is 2.65. The van der Waals surface area contributed by atoms with Crippen molar-refractivity contribution in [3.8, 4) is 0 Å². The topological polar surface area (TPSA) is 0 Å². The average Bonchev–Trinajstić information content (AvgIpc) is 3.37. The van der Waals surface area contributed by atoms with Gasteiger partial charge in [-0.2, -0.15) is 0 Å². The van der Waals surface area contributed by atoms with Crippen LogP contribution in [0.5, 0.6) is 0 Å². The van der Waals surface area contributed by atoms with Gasteiger partial charge in [-0.1, -0.05) is 78.9 Å². The maximum atomic E-state index is 2.69. The molecule has 1 heterocycles. The maximum absolute atomic E-state index is 2.69. The van der Waals surface area contributed by atoms with Crippen molar-refractivity contribution in [2.75, 3.05) is 0 Å². The van der Waals surface area contributed by atoms with Crippen LogP contribution in [0.4, 0.5) is 0 Å². The van der Waals surface area contributed by atoms with Gasteiger partial charge in [0.1, 0.15) is 0 Å². The summed E-state index contributed by atoms with van der Waals surface area (Å²) >= 11 is 2.13. The largest absolute Gasteiger partial charge is 0.144 e. The summed E-state index contributed by atoms with van der Waals surface area (Å²) in [6.07, 6.45) is 38.1. The molecule has 0 aliphatic heterocycles. The SMILES string of the molecule is C1=CCCC(P(C2=CC=CCC2)C2=Cc3c(sc4c3C=C(P(c3ccccc3)C3CC=CCC3)CC4)CC2)=C1. The van der Waals surface area contributed by atoms with Gasteiger partial charge < -0.3 is 0 Å². The van der Waals surface area contributed by atoms with Crippen LogP contribution in [0.25, 0.3) is 12.2 Å². The van der Waals surface area contributed by atoms with Crippen LogP contribution in [0.1, 0.15) is 78.7 Å². The molecule has 0 fully saturated rings. The van der Waals surface area contributed by atoms with E-state index in [9.17, 15) is 0 Å². The summed E-state index contributed by atoms with van der Waals surface area (Å²) in [6.45, 7) is 0. The van der Waals surface area contributed by atoms with E-state index in [2.05, 4.69) is 102 Å². The number of aryl methyl sites for hydroxylation is 2. The Balaban J connectivity index is 1.29. The molecular weight excluding hydrogens is 526 g/mol. The molecule has 0 saturated heterocycles. The van der Waals surface area contributed by atoms with E-state index in [0.29, 0.717) is 0 Å².